The summed E-state index contributed by atoms with van der Waals surface area (Å²) in [6.07, 6.45) is 3.48. The molecule has 1 heterocycles. The molecule has 1 aromatic carbocycles. The van der Waals surface area contributed by atoms with E-state index in [4.69, 9.17) is 11.6 Å². The molecule has 0 atom stereocenters. The van der Waals surface area contributed by atoms with Gasteiger partial charge < -0.3 is 5.32 Å². The van der Waals surface area contributed by atoms with E-state index in [1.54, 1.807) is 6.20 Å². The molecule has 0 unspecified atom stereocenters. The average molecular weight is 250 g/mol. The zero-order valence-corrected chi connectivity index (χ0v) is 10.6. The van der Waals surface area contributed by atoms with Gasteiger partial charge in [-0.2, -0.15) is 5.10 Å². The highest BCUT2D eigenvalue weighted by atomic mass is 35.5. The predicted octanol–water partition coefficient (Wildman–Crippen LogP) is 2.69. The van der Waals surface area contributed by atoms with Crippen molar-refractivity contribution in [3.63, 3.8) is 0 Å². The predicted molar refractivity (Wildman–Crippen MR) is 70.2 cm³/mol. The standard InChI is InChI=1S/C13H16ClN3/c1-2-15-7-11-3-5-12(6-4-11)9-17-10-13(14)8-16-17/h3-6,8,10,15H,2,7,9H2,1H3. The second-order valence-corrected chi connectivity index (χ2v) is 4.39. The van der Waals surface area contributed by atoms with Crippen LogP contribution < -0.4 is 5.32 Å². The fourth-order valence-corrected chi connectivity index (χ4v) is 1.80. The highest BCUT2D eigenvalue weighted by Gasteiger charge is 1.98. The Kier molecular flexibility index (Phi) is 4.18. The SMILES string of the molecule is CCNCc1ccc(Cn2cc(Cl)cn2)cc1. The van der Waals surface area contributed by atoms with Crippen LogP contribution in [0.15, 0.2) is 36.7 Å². The second-order valence-electron chi connectivity index (χ2n) is 3.95. The summed E-state index contributed by atoms with van der Waals surface area (Å²) in [6, 6.07) is 8.54. The van der Waals surface area contributed by atoms with Gasteiger partial charge in [0, 0.05) is 12.7 Å². The molecule has 1 aromatic heterocycles. The molecule has 0 spiro atoms. The Bertz CT molecular complexity index is 462. The molecule has 0 aliphatic rings. The minimum Gasteiger partial charge on any atom is -0.313 e. The molecule has 0 bridgehead atoms. The van der Waals surface area contributed by atoms with Crippen LogP contribution in [0, 0.1) is 0 Å². The molecule has 4 heteroatoms. The zero-order valence-electron chi connectivity index (χ0n) is 9.86. The van der Waals surface area contributed by atoms with Crippen LogP contribution in [-0.4, -0.2) is 16.3 Å². The van der Waals surface area contributed by atoms with Crippen molar-refractivity contribution in [2.75, 3.05) is 6.54 Å². The number of hydrogen-bond donors (Lipinski definition) is 1. The monoisotopic (exact) mass is 249 g/mol. The van der Waals surface area contributed by atoms with Gasteiger partial charge in [-0.15, -0.1) is 0 Å². The largest absolute Gasteiger partial charge is 0.313 e. The zero-order chi connectivity index (χ0) is 12.1. The van der Waals surface area contributed by atoms with Crippen molar-refractivity contribution in [2.24, 2.45) is 0 Å². The summed E-state index contributed by atoms with van der Waals surface area (Å²) in [5.41, 5.74) is 2.53. The molecule has 0 radical (unpaired) electrons. The van der Waals surface area contributed by atoms with Gasteiger partial charge in [-0.25, -0.2) is 0 Å². The molecule has 1 N–H and O–H groups in total. The second kappa shape index (κ2) is 5.84. The summed E-state index contributed by atoms with van der Waals surface area (Å²) in [4.78, 5) is 0. The Balaban J connectivity index is 1.98. The van der Waals surface area contributed by atoms with Gasteiger partial charge >= 0.3 is 0 Å². The van der Waals surface area contributed by atoms with Crippen LogP contribution in [-0.2, 0) is 13.1 Å². The van der Waals surface area contributed by atoms with Gasteiger partial charge in [0.15, 0.2) is 0 Å². The molecule has 0 saturated carbocycles. The molecule has 17 heavy (non-hydrogen) atoms. The highest BCUT2D eigenvalue weighted by Crippen LogP contribution is 2.09. The van der Waals surface area contributed by atoms with Crippen LogP contribution in [0.5, 0.6) is 0 Å². The van der Waals surface area contributed by atoms with E-state index in [0.29, 0.717) is 5.02 Å². The lowest BCUT2D eigenvalue weighted by molar-refractivity contribution is 0.685. The molecule has 2 rings (SSSR count). The van der Waals surface area contributed by atoms with E-state index in [9.17, 15) is 0 Å². The van der Waals surface area contributed by atoms with E-state index in [2.05, 4.69) is 41.6 Å². The third kappa shape index (κ3) is 3.58. The fourth-order valence-electron chi connectivity index (χ4n) is 1.64. The first-order chi connectivity index (χ1) is 8.28. The van der Waals surface area contributed by atoms with Crippen molar-refractivity contribution in [3.8, 4) is 0 Å². The number of benzene rings is 1. The van der Waals surface area contributed by atoms with E-state index in [1.807, 2.05) is 10.9 Å². The van der Waals surface area contributed by atoms with Crippen LogP contribution >= 0.6 is 11.6 Å². The average Bonchev–Trinajstić information content (AvgIpc) is 2.74. The minimum absolute atomic E-state index is 0.675. The highest BCUT2D eigenvalue weighted by molar-refractivity contribution is 6.30. The summed E-state index contributed by atoms with van der Waals surface area (Å²) in [5, 5.41) is 8.13. The van der Waals surface area contributed by atoms with Gasteiger partial charge in [-0.1, -0.05) is 42.8 Å². The van der Waals surface area contributed by atoms with Gasteiger partial charge in [0.2, 0.25) is 0 Å². The molecule has 0 saturated heterocycles. The molecule has 3 nitrogen and oxygen atoms in total. The van der Waals surface area contributed by atoms with Gasteiger partial charge in [0.25, 0.3) is 0 Å². The molecule has 0 aliphatic carbocycles. The maximum Gasteiger partial charge on any atom is 0.0785 e. The lowest BCUT2D eigenvalue weighted by atomic mass is 10.1. The molecule has 90 valence electrons. The van der Waals surface area contributed by atoms with Crippen LogP contribution in [0.1, 0.15) is 18.1 Å². The van der Waals surface area contributed by atoms with Crippen molar-refractivity contribution in [1.29, 1.82) is 0 Å². The fraction of sp³-hybridized carbons (Fsp3) is 0.308. The summed E-state index contributed by atoms with van der Waals surface area (Å²) in [5.74, 6) is 0. The summed E-state index contributed by atoms with van der Waals surface area (Å²) in [6.45, 7) is 4.78. The molecular weight excluding hydrogens is 234 g/mol. The van der Waals surface area contributed by atoms with E-state index in [0.717, 1.165) is 19.6 Å². The van der Waals surface area contributed by atoms with Crippen molar-refractivity contribution in [3.05, 3.63) is 52.8 Å². The first kappa shape index (κ1) is 12.1. The summed E-state index contributed by atoms with van der Waals surface area (Å²) >= 11 is 5.82. The van der Waals surface area contributed by atoms with Gasteiger partial charge in [0.1, 0.15) is 0 Å². The molecule has 0 amide bonds. The van der Waals surface area contributed by atoms with Crippen LogP contribution in [0.2, 0.25) is 5.02 Å². The topological polar surface area (TPSA) is 29.9 Å². The molecule has 0 fully saturated rings. The van der Waals surface area contributed by atoms with Crippen LogP contribution in [0.25, 0.3) is 0 Å². The lowest BCUT2D eigenvalue weighted by Gasteiger charge is -2.05. The Labute approximate surface area is 106 Å². The molecule has 0 aliphatic heterocycles. The lowest BCUT2D eigenvalue weighted by Crippen LogP contribution is -2.11. The first-order valence-corrected chi connectivity index (χ1v) is 6.12. The van der Waals surface area contributed by atoms with Gasteiger partial charge in [0.05, 0.1) is 17.8 Å². The number of halogens is 1. The Morgan fingerprint density at radius 1 is 1.24 bits per heavy atom. The minimum atomic E-state index is 0.675. The Morgan fingerprint density at radius 3 is 2.53 bits per heavy atom. The number of nitrogens with zero attached hydrogens (tertiary/aromatic N) is 2. The molecule has 2 aromatic rings. The van der Waals surface area contributed by atoms with E-state index in [1.165, 1.54) is 11.1 Å². The van der Waals surface area contributed by atoms with E-state index < -0.39 is 0 Å². The Morgan fingerprint density at radius 2 is 1.94 bits per heavy atom. The van der Waals surface area contributed by atoms with Crippen molar-refractivity contribution >= 4 is 11.6 Å². The maximum atomic E-state index is 5.82. The first-order valence-electron chi connectivity index (χ1n) is 5.74. The van der Waals surface area contributed by atoms with Crippen molar-refractivity contribution in [1.82, 2.24) is 15.1 Å². The maximum absolute atomic E-state index is 5.82. The number of hydrogen-bond acceptors (Lipinski definition) is 2. The van der Waals surface area contributed by atoms with Crippen LogP contribution in [0.4, 0.5) is 0 Å². The summed E-state index contributed by atoms with van der Waals surface area (Å²) in [7, 11) is 0. The molecular formula is C13H16ClN3. The third-order valence-electron chi connectivity index (χ3n) is 2.55. The third-order valence-corrected chi connectivity index (χ3v) is 2.74. The number of aromatic nitrogens is 2. The van der Waals surface area contributed by atoms with Crippen LogP contribution in [0.3, 0.4) is 0 Å². The van der Waals surface area contributed by atoms with E-state index >= 15 is 0 Å². The number of rotatable bonds is 5. The Hall–Kier alpha value is -1.32. The van der Waals surface area contributed by atoms with Gasteiger partial charge in [-0.05, 0) is 17.7 Å². The van der Waals surface area contributed by atoms with E-state index in [-0.39, 0.29) is 0 Å². The quantitative estimate of drug-likeness (QED) is 0.883. The summed E-state index contributed by atoms with van der Waals surface area (Å²) < 4.78 is 1.83. The van der Waals surface area contributed by atoms with Gasteiger partial charge in [-0.3, -0.25) is 4.68 Å². The number of nitrogens with one attached hydrogen (secondary N) is 1. The van der Waals surface area contributed by atoms with Crippen molar-refractivity contribution < 1.29 is 0 Å². The van der Waals surface area contributed by atoms with Crippen molar-refractivity contribution in [2.45, 2.75) is 20.0 Å². The smallest absolute Gasteiger partial charge is 0.0785 e. The normalized spacial score (nSPS) is 10.7.